The number of nitrogens with zero attached hydrogens (tertiary/aromatic N) is 3. The number of ether oxygens (including phenoxy) is 1. The third-order valence-electron chi connectivity index (χ3n) is 6.60. The molecule has 2 fully saturated rings. The van der Waals surface area contributed by atoms with Crippen LogP contribution in [0.4, 0.5) is 5.69 Å². The predicted molar refractivity (Wildman–Crippen MR) is 125 cm³/mol. The van der Waals surface area contributed by atoms with Gasteiger partial charge in [0.05, 0.1) is 24.3 Å². The van der Waals surface area contributed by atoms with Crippen LogP contribution >= 0.6 is 0 Å². The zero-order valence-electron chi connectivity index (χ0n) is 18.2. The van der Waals surface area contributed by atoms with Crippen molar-refractivity contribution in [3.63, 3.8) is 0 Å². The largest absolute Gasteiger partial charge is 0.438 e. The molecule has 1 saturated carbocycles. The summed E-state index contributed by atoms with van der Waals surface area (Å²) in [7, 11) is 0. The van der Waals surface area contributed by atoms with Crippen LogP contribution in [0.5, 0.6) is 0 Å². The van der Waals surface area contributed by atoms with Crippen molar-refractivity contribution in [2.75, 3.05) is 25.5 Å². The Morgan fingerprint density at radius 2 is 2.12 bits per heavy atom. The molecular formula is C25H23N5O3. The highest BCUT2D eigenvalue weighted by Gasteiger charge is 2.31. The van der Waals surface area contributed by atoms with Gasteiger partial charge in [0.2, 0.25) is 5.89 Å². The number of anilines is 1. The number of aryl methyl sites for hydroxylation is 1. The van der Waals surface area contributed by atoms with E-state index in [0.717, 1.165) is 40.4 Å². The van der Waals surface area contributed by atoms with Crippen LogP contribution in [0.2, 0.25) is 0 Å². The molecule has 1 aliphatic carbocycles. The van der Waals surface area contributed by atoms with E-state index in [-0.39, 0.29) is 17.6 Å². The molecule has 166 valence electrons. The van der Waals surface area contributed by atoms with Gasteiger partial charge >= 0.3 is 0 Å². The first-order valence-electron chi connectivity index (χ1n) is 11.2. The molecule has 0 radical (unpaired) electrons. The van der Waals surface area contributed by atoms with Gasteiger partial charge in [-0.2, -0.15) is 5.26 Å². The molecule has 2 aromatic carbocycles. The first-order valence-corrected chi connectivity index (χ1v) is 11.2. The minimum absolute atomic E-state index is 0.123. The minimum Gasteiger partial charge on any atom is -0.438 e. The third kappa shape index (κ3) is 3.12. The molecule has 8 nitrogen and oxygen atoms in total. The van der Waals surface area contributed by atoms with Gasteiger partial charge in [-0.05, 0) is 54.7 Å². The van der Waals surface area contributed by atoms with Gasteiger partial charge < -0.3 is 24.8 Å². The standard InChI is InChI=1S/C25H23N5O3/c1-13-17(14-2-7-19(27)15(10-14)11-26)5-6-18-22(13)30(16-3-4-16)25(31)21-23(18)33-24(29-21)20-12-32-9-8-28-20/h2,5-7,10,16,20,28H,3-4,8-9,12,27H2,1H3. The summed E-state index contributed by atoms with van der Waals surface area (Å²) in [6.07, 6.45) is 1.93. The van der Waals surface area contributed by atoms with Crippen LogP contribution < -0.4 is 16.6 Å². The molecule has 2 aliphatic rings. The fourth-order valence-corrected chi connectivity index (χ4v) is 4.76. The summed E-state index contributed by atoms with van der Waals surface area (Å²) in [5.41, 5.74) is 11.2. The highest BCUT2D eigenvalue weighted by Crippen LogP contribution is 2.41. The van der Waals surface area contributed by atoms with E-state index >= 15 is 0 Å². The van der Waals surface area contributed by atoms with Crippen LogP contribution in [0.3, 0.4) is 0 Å². The second-order valence-corrected chi connectivity index (χ2v) is 8.77. The van der Waals surface area contributed by atoms with Crippen molar-refractivity contribution in [1.29, 1.82) is 5.26 Å². The molecule has 3 heterocycles. The summed E-state index contributed by atoms with van der Waals surface area (Å²) >= 11 is 0. The quantitative estimate of drug-likeness (QED) is 0.467. The summed E-state index contributed by atoms with van der Waals surface area (Å²) in [4.78, 5) is 18.2. The molecule has 0 bridgehead atoms. The van der Waals surface area contributed by atoms with Crippen molar-refractivity contribution >= 4 is 27.7 Å². The number of benzene rings is 2. The molecule has 1 unspecified atom stereocenters. The maximum atomic E-state index is 13.6. The van der Waals surface area contributed by atoms with Crippen LogP contribution in [0, 0.1) is 18.3 Å². The van der Waals surface area contributed by atoms with Crippen molar-refractivity contribution < 1.29 is 9.15 Å². The van der Waals surface area contributed by atoms with Gasteiger partial charge in [-0.25, -0.2) is 4.98 Å². The Bertz CT molecular complexity index is 1520. The van der Waals surface area contributed by atoms with Crippen LogP contribution in [-0.2, 0) is 4.74 Å². The van der Waals surface area contributed by atoms with Gasteiger partial charge in [0.15, 0.2) is 11.1 Å². The Morgan fingerprint density at radius 3 is 2.85 bits per heavy atom. The Hall–Kier alpha value is -3.67. The number of fused-ring (bicyclic) bond motifs is 3. The number of pyridine rings is 1. The number of nitriles is 1. The van der Waals surface area contributed by atoms with Gasteiger partial charge in [0.25, 0.3) is 5.56 Å². The highest BCUT2D eigenvalue weighted by atomic mass is 16.5. The van der Waals surface area contributed by atoms with E-state index in [1.54, 1.807) is 12.1 Å². The highest BCUT2D eigenvalue weighted by molar-refractivity contribution is 6.04. The average Bonchev–Trinajstić information content (AvgIpc) is 3.57. The molecule has 1 aliphatic heterocycles. The molecule has 33 heavy (non-hydrogen) atoms. The first-order chi connectivity index (χ1) is 16.1. The van der Waals surface area contributed by atoms with Crippen LogP contribution in [0.15, 0.2) is 39.5 Å². The number of hydrogen-bond acceptors (Lipinski definition) is 7. The normalized spacial score (nSPS) is 18.6. The van der Waals surface area contributed by atoms with Gasteiger partial charge in [-0.15, -0.1) is 0 Å². The SMILES string of the molecule is Cc1c(-c2ccc(N)c(C#N)c2)ccc2c3oc(C4COCCN4)nc3c(=O)n(C3CC3)c12. The molecular weight excluding hydrogens is 418 g/mol. The number of nitrogens with one attached hydrogen (secondary N) is 1. The van der Waals surface area contributed by atoms with Crippen molar-refractivity contribution in [1.82, 2.24) is 14.9 Å². The van der Waals surface area contributed by atoms with Crippen LogP contribution in [0.1, 0.15) is 41.9 Å². The van der Waals surface area contributed by atoms with E-state index in [9.17, 15) is 10.1 Å². The molecule has 3 N–H and O–H groups in total. The zero-order valence-corrected chi connectivity index (χ0v) is 18.2. The molecule has 2 aromatic heterocycles. The fourth-order valence-electron chi connectivity index (χ4n) is 4.76. The lowest BCUT2D eigenvalue weighted by Gasteiger charge is -2.20. The number of rotatable bonds is 3. The lowest BCUT2D eigenvalue weighted by atomic mass is 9.95. The average molecular weight is 441 g/mol. The smallest absolute Gasteiger partial charge is 0.281 e. The van der Waals surface area contributed by atoms with E-state index in [2.05, 4.69) is 16.4 Å². The third-order valence-corrected chi connectivity index (χ3v) is 6.60. The van der Waals surface area contributed by atoms with E-state index in [4.69, 9.17) is 14.9 Å². The maximum absolute atomic E-state index is 13.6. The lowest BCUT2D eigenvalue weighted by molar-refractivity contribution is 0.0687. The van der Waals surface area contributed by atoms with E-state index in [1.165, 1.54) is 0 Å². The summed E-state index contributed by atoms with van der Waals surface area (Å²) < 4.78 is 13.6. The second kappa shape index (κ2) is 7.44. The molecule has 0 amide bonds. The number of nitrogen functional groups attached to an aromatic ring is 1. The Kier molecular flexibility index (Phi) is 4.50. The number of morpholine rings is 1. The molecule has 4 aromatic rings. The van der Waals surface area contributed by atoms with Crippen molar-refractivity contribution in [3.8, 4) is 17.2 Å². The number of oxazole rings is 1. The van der Waals surface area contributed by atoms with Crippen LogP contribution in [0.25, 0.3) is 33.1 Å². The maximum Gasteiger partial charge on any atom is 0.281 e. The number of nitrogens with two attached hydrogens (primary N) is 1. The molecule has 0 spiro atoms. The molecule has 1 atom stereocenters. The molecule has 6 rings (SSSR count). The fraction of sp³-hybridized carbons (Fsp3) is 0.320. The Labute approximate surface area is 189 Å². The van der Waals surface area contributed by atoms with Crippen molar-refractivity contribution in [2.45, 2.75) is 31.8 Å². The summed E-state index contributed by atoms with van der Waals surface area (Å²) in [6, 6.07) is 11.6. The van der Waals surface area contributed by atoms with Gasteiger partial charge in [-0.1, -0.05) is 12.1 Å². The van der Waals surface area contributed by atoms with Gasteiger partial charge in [0, 0.05) is 23.7 Å². The van der Waals surface area contributed by atoms with Crippen molar-refractivity contribution in [2.24, 2.45) is 0 Å². The zero-order chi connectivity index (χ0) is 22.7. The first kappa shape index (κ1) is 20.0. The van der Waals surface area contributed by atoms with E-state index < -0.39 is 0 Å². The topological polar surface area (TPSA) is 119 Å². The molecule has 1 saturated heterocycles. The van der Waals surface area contributed by atoms with Crippen LogP contribution in [-0.4, -0.2) is 29.3 Å². The number of hydrogen-bond donors (Lipinski definition) is 2. The summed E-state index contributed by atoms with van der Waals surface area (Å²) in [5, 5.41) is 13.6. The van der Waals surface area contributed by atoms with E-state index in [1.807, 2.05) is 29.7 Å². The van der Waals surface area contributed by atoms with Gasteiger partial charge in [-0.3, -0.25) is 4.79 Å². The summed E-state index contributed by atoms with van der Waals surface area (Å²) in [6.45, 7) is 3.83. The monoisotopic (exact) mass is 441 g/mol. The Morgan fingerprint density at radius 1 is 1.27 bits per heavy atom. The van der Waals surface area contributed by atoms with Gasteiger partial charge in [0.1, 0.15) is 12.1 Å². The van der Waals surface area contributed by atoms with E-state index in [0.29, 0.717) is 48.0 Å². The van der Waals surface area contributed by atoms with Crippen molar-refractivity contribution in [3.05, 3.63) is 57.7 Å². The molecule has 8 heteroatoms. The predicted octanol–water partition coefficient (Wildman–Crippen LogP) is 3.57. The Balaban J connectivity index is 1.62. The minimum atomic E-state index is -0.172. The number of aromatic nitrogens is 2. The summed E-state index contributed by atoms with van der Waals surface area (Å²) in [5.74, 6) is 0.482. The lowest BCUT2D eigenvalue weighted by Crippen LogP contribution is -2.34. The second-order valence-electron chi connectivity index (χ2n) is 8.77.